The molecule has 1 aliphatic heterocycles. The predicted octanol–water partition coefficient (Wildman–Crippen LogP) is 5.68. The Bertz CT molecular complexity index is 1130. The van der Waals surface area contributed by atoms with E-state index in [9.17, 15) is 9.59 Å². The number of benzene rings is 1. The SMILES string of the molecule is CCOC(=O)C1C(C)C=C2O/C(=C\c3ccc(C)s3)C(=O)C2C1c1cc(CC)ccc1OC. The molecule has 2 aliphatic rings. The van der Waals surface area contributed by atoms with Gasteiger partial charge in [0.05, 0.1) is 25.6 Å². The fraction of sp³-hybridized carbons (Fsp3) is 0.407. The Balaban J connectivity index is 1.85. The molecule has 4 rings (SSSR count). The average molecular weight is 467 g/mol. The largest absolute Gasteiger partial charge is 0.496 e. The van der Waals surface area contributed by atoms with Crippen LogP contribution >= 0.6 is 11.3 Å². The number of carbonyl (C=O) groups is 2. The number of carbonyl (C=O) groups excluding carboxylic acids is 2. The van der Waals surface area contributed by atoms with E-state index in [1.807, 2.05) is 44.2 Å². The second-order valence-corrected chi connectivity index (χ2v) is 9.88. The number of esters is 1. The molecule has 4 unspecified atom stereocenters. The Morgan fingerprint density at radius 1 is 1.21 bits per heavy atom. The number of hydrogen-bond donors (Lipinski definition) is 0. The van der Waals surface area contributed by atoms with Crippen LogP contribution in [-0.2, 0) is 25.5 Å². The third-order valence-corrected chi connectivity index (χ3v) is 7.40. The van der Waals surface area contributed by atoms with E-state index in [1.165, 1.54) is 4.88 Å². The Morgan fingerprint density at radius 3 is 2.64 bits per heavy atom. The first-order valence-electron chi connectivity index (χ1n) is 11.4. The summed E-state index contributed by atoms with van der Waals surface area (Å²) in [5.74, 6) is -0.522. The first-order chi connectivity index (χ1) is 15.9. The molecule has 0 radical (unpaired) electrons. The Hall–Kier alpha value is -2.86. The van der Waals surface area contributed by atoms with E-state index in [0.717, 1.165) is 22.4 Å². The maximum atomic E-state index is 13.7. The number of ether oxygens (including phenoxy) is 3. The number of hydrogen-bond acceptors (Lipinski definition) is 6. The molecular formula is C27H30O5S. The van der Waals surface area contributed by atoms with Crippen molar-refractivity contribution in [1.29, 1.82) is 0 Å². The number of thiophene rings is 1. The number of methoxy groups -OCH3 is 1. The summed E-state index contributed by atoms with van der Waals surface area (Å²) < 4.78 is 17.3. The summed E-state index contributed by atoms with van der Waals surface area (Å²) in [5, 5.41) is 0. The van der Waals surface area contributed by atoms with E-state index in [4.69, 9.17) is 14.2 Å². The number of ketones is 1. The highest BCUT2D eigenvalue weighted by atomic mass is 32.1. The van der Waals surface area contributed by atoms with Crippen LogP contribution in [0.2, 0.25) is 0 Å². The lowest BCUT2D eigenvalue weighted by Crippen LogP contribution is -2.38. The summed E-state index contributed by atoms with van der Waals surface area (Å²) in [6.45, 7) is 8.17. The van der Waals surface area contributed by atoms with Gasteiger partial charge < -0.3 is 14.2 Å². The Morgan fingerprint density at radius 2 is 2.00 bits per heavy atom. The van der Waals surface area contributed by atoms with Crippen molar-refractivity contribution in [2.45, 2.75) is 40.0 Å². The van der Waals surface area contributed by atoms with Crippen molar-refractivity contribution in [2.75, 3.05) is 13.7 Å². The molecule has 1 fully saturated rings. The van der Waals surface area contributed by atoms with Gasteiger partial charge in [-0.1, -0.05) is 26.0 Å². The average Bonchev–Trinajstić information content (AvgIpc) is 3.34. The highest BCUT2D eigenvalue weighted by Crippen LogP contribution is 2.52. The quantitative estimate of drug-likeness (QED) is 0.405. The van der Waals surface area contributed by atoms with Crippen molar-refractivity contribution >= 4 is 29.2 Å². The van der Waals surface area contributed by atoms with E-state index in [-0.39, 0.29) is 24.3 Å². The van der Waals surface area contributed by atoms with Crippen molar-refractivity contribution in [3.63, 3.8) is 0 Å². The molecule has 0 spiro atoms. The van der Waals surface area contributed by atoms with Crippen molar-refractivity contribution in [2.24, 2.45) is 17.8 Å². The Labute approximate surface area is 199 Å². The van der Waals surface area contributed by atoms with Gasteiger partial charge in [-0.2, -0.15) is 0 Å². The number of rotatable bonds is 6. The molecule has 2 aromatic rings. The molecule has 0 N–H and O–H groups in total. The van der Waals surface area contributed by atoms with Gasteiger partial charge in [0.2, 0.25) is 5.78 Å². The zero-order valence-electron chi connectivity index (χ0n) is 19.7. The minimum Gasteiger partial charge on any atom is -0.496 e. The molecule has 0 amide bonds. The molecule has 1 aromatic heterocycles. The molecule has 1 aliphatic carbocycles. The zero-order valence-corrected chi connectivity index (χ0v) is 20.5. The lowest BCUT2D eigenvalue weighted by atomic mass is 9.66. The standard InChI is InChI=1S/C27H30O5S/c1-6-17-9-11-20(30-5)19(13-17)24-23(27(29)31-7-2)15(3)12-21-25(24)26(28)22(32-21)14-18-10-8-16(4)33-18/h8-15,23-25H,6-7H2,1-5H3/b22-14-. The number of allylic oxidation sites excluding steroid dienone is 3. The number of fused-ring (bicyclic) bond motifs is 1. The molecule has 5 nitrogen and oxygen atoms in total. The smallest absolute Gasteiger partial charge is 0.310 e. The maximum absolute atomic E-state index is 13.7. The molecule has 2 heterocycles. The van der Waals surface area contributed by atoms with Crippen LogP contribution in [0.4, 0.5) is 0 Å². The van der Waals surface area contributed by atoms with Crippen LogP contribution in [0.5, 0.6) is 5.75 Å². The number of Topliss-reactive ketones (excluding diaryl/α,β-unsaturated/α-hetero) is 1. The van der Waals surface area contributed by atoms with Crippen molar-refractivity contribution < 1.29 is 23.8 Å². The normalized spacial score (nSPS) is 25.4. The van der Waals surface area contributed by atoms with Crippen molar-refractivity contribution in [3.05, 3.63) is 68.8 Å². The molecule has 174 valence electrons. The van der Waals surface area contributed by atoms with Crippen molar-refractivity contribution in [3.8, 4) is 5.75 Å². The van der Waals surface area contributed by atoms with Gasteiger partial charge in [0.25, 0.3) is 0 Å². The van der Waals surface area contributed by atoms with Crippen LogP contribution in [-0.4, -0.2) is 25.5 Å². The summed E-state index contributed by atoms with van der Waals surface area (Å²) in [6.07, 6.45) is 4.56. The van der Waals surface area contributed by atoms with Gasteiger partial charge in [0.1, 0.15) is 11.5 Å². The Kier molecular flexibility index (Phi) is 6.75. The lowest BCUT2D eigenvalue weighted by Gasteiger charge is -2.36. The van der Waals surface area contributed by atoms with E-state index < -0.39 is 17.8 Å². The van der Waals surface area contributed by atoms with Crippen LogP contribution in [0.25, 0.3) is 6.08 Å². The van der Waals surface area contributed by atoms with E-state index in [2.05, 4.69) is 13.0 Å². The van der Waals surface area contributed by atoms with E-state index >= 15 is 0 Å². The fourth-order valence-electron chi connectivity index (χ4n) is 4.90. The first-order valence-corrected chi connectivity index (χ1v) is 12.2. The van der Waals surface area contributed by atoms with Crippen LogP contribution in [0.3, 0.4) is 0 Å². The fourth-order valence-corrected chi connectivity index (χ4v) is 5.71. The number of aryl methyl sites for hydroxylation is 2. The molecular weight excluding hydrogens is 436 g/mol. The van der Waals surface area contributed by atoms with Crippen molar-refractivity contribution in [1.82, 2.24) is 0 Å². The molecule has 0 bridgehead atoms. The molecule has 4 atom stereocenters. The third-order valence-electron chi connectivity index (χ3n) is 6.45. The topological polar surface area (TPSA) is 61.8 Å². The second kappa shape index (κ2) is 9.56. The van der Waals surface area contributed by atoms with Gasteiger partial charge in [0, 0.05) is 21.7 Å². The lowest BCUT2D eigenvalue weighted by molar-refractivity contribution is -0.151. The molecule has 1 aromatic carbocycles. The van der Waals surface area contributed by atoms with Gasteiger partial charge in [-0.3, -0.25) is 9.59 Å². The molecule has 6 heteroatoms. The maximum Gasteiger partial charge on any atom is 0.310 e. The van der Waals surface area contributed by atoms with Gasteiger partial charge in [0.15, 0.2) is 5.76 Å². The highest BCUT2D eigenvalue weighted by Gasteiger charge is 2.53. The zero-order chi connectivity index (χ0) is 23.7. The molecule has 33 heavy (non-hydrogen) atoms. The summed E-state index contributed by atoms with van der Waals surface area (Å²) in [4.78, 5) is 29.0. The van der Waals surface area contributed by atoms with E-state index in [0.29, 0.717) is 17.3 Å². The van der Waals surface area contributed by atoms with Crippen LogP contribution < -0.4 is 4.74 Å². The summed E-state index contributed by atoms with van der Waals surface area (Å²) in [6, 6.07) is 10.00. The predicted molar refractivity (Wildman–Crippen MR) is 129 cm³/mol. The molecule has 0 saturated carbocycles. The second-order valence-electron chi connectivity index (χ2n) is 8.56. The van der Waals surface area contributed by atoms with Crippen LogP contribution in [0.15, 0.2) is 47.9 Å². The van der Waals surface area contributed by atoms with Gasteiger partial charge in [-0.05, 0) is 61.6 Å². The molecule has 1 saturated heterocycles. The minimum absolute atomic E-state index is 0.109. The first kappa shape index (κ1) is 23.3. The van der Waals surface area contributed by atoms with Gasteiger partial charge >= 0.3 is 5.97 Å². The van der Waals surface area contributed by atoms with Gasteiger partial charge in [-0.15, -0.1) is 11.3 Å². The van der Waals surface area contributed by atoms with Gasteiger partial charge in [-0.25, -0.2) is 0 Å². The van der Waals surface area contributed by atoms with Crippen LogP contribution in [0.1, 0.15) is 47.6 Å². The third kappa shape index (κ3) is 4.36. The van der Waals surface area contributed by atoms with E-state index in [1.54, 1.807) is 31.4 Å². The minimum atomic E-state index is -0.594. The monoisotopic (exact) mass is 466 g/mol. The van der Waals surface area contributed by atoms with Crippen LogP contribution in [0, 0.1) is 24.7 Å². The summed E-state index contributed by atoms with van der Waals surface area (Å²) in [7, 11) is 1.62. The highest BCUT2D eigenvalue weighted by molar-refractivity contribution is 7.12. The summed E-state index contributed by atoms with van der Waals surface area (Å²) >= 11 is 1.61. The summed E-state index contributed by atoms with van der Waals surface area (Å²) in [5.41, 5.74) is 1.97.